The van der Waals surface area contributed by atoms with Crippen molar-refractivity contribution < 1.29 is 9.53 Å². The third-order valence-corrected chi connectivity index (χ3v) is 3.81. The first-order chi connectivity index (χ1) is 9.61. The number of ether oxygens (including phenoxy) is 1. The van der Waals surface area contributed by atoms with E-state index < -0.39 is 0 Å². The molecule has 0 bridgehead atoms. The molecular weight excluding hydrogens is 254 g/mol. The van der Waals surface area contributed by atoms with Gasteiger partial charge in [0.1, 0.15) is 5.56 Å². The molecule has 1 aromatic heterocycles. The first-order valence-corrected chi connectivity index (χ1v) is 7.13. The number of rotatable bonds is 5. The maximum atomic E-state index is 12.2. The Balaban J connectivity index is 1.87. The Morgan fingerprint density at radius 1 is 1.60 bits per heavy atom. The first-order valence-electron chi connectivity index (χ1n) is 7.13. The number of methoxy groups -OCH3 is 1. The van der Waals surface area contributed by atoms with E-state index in [0.29, 0.717) is 29.9 Å². The van der Waals surface area contributed by atoms with Crippen LogP contribution in [0.1, 0.15) is 30.6 Å². The summed E-state index contributed by atoms with van der Waals surface area (Å²) in [6.45, 7) is 7.31. The van der Waals surface area contributed by atoms with Gasteiger partial charge in [-0.3, -0.25) is 4.79 Å². The molecule has 0 saturated carbocycles. The molecule has 1 unspecified atom stereocenters. The van der Waals surface area contributed by atoms with Crippen LogP contribution in [-0.4, -0.2) is 48.6 Å². The van der Waals surface area contributed by atoms with Crippen molar-refractivity contribution in [2.75, 3.05) is 26.7 Å². The van der Waals surface area contributed by atoms with Crippen LogP contribution in [0.5, 0.6) is 5.88 Å². The molecule has 0 aromatic carbocycles. The van der Waals surface area contributed by atoms with Crippen LogP contribution >= 0.6 is 0 Å². The topological polar surface area (TPSA) is 54.5 Å². The van der Waals surface area contributed by atoms with Gasteiger partial charge in [-0.2, -0.15) is 0 Å². The number of likely N-dealkylation sites (tertiary alicyclic amines) is 1. The highest BCUT2D eigenvalue weighted by Gasteiger charge is 2.24. The number of hydrogen-bond donors (Lipinski definition) is 1. The molecule has 1 atom stereocenters. The van der Waals surface area contributed by atoms with Crippen molar-refractivity contribution >= 4 is 5.91 Å². The molecule has 5 nitrogen and oxygen atoms in total. The van der Waals surface area contributed by atoms with Crippen LogP contribution in [0.2, 0.25) is 0 Å². The average molecular weight is 277 g/mol. The highest BCUT2D eigenvalue weighted by molar-refractivity contribution is 5.96. The Labute approximate surface area is 120 Å². The summed E-state index contributed by atoms with van der Waals surface area (Å²) in [5.74, 6) is 0.794. The number of pyridine rings is 1. The molecule has 0 radical (unpaired) electrons. The minimum atomic E-state index is -0.113. The number of amides is 1. The zero-order valence-electron chi connectivity index (χ0n) is 12.4. The van der Waals surface area contributed by atoms with Gasteiger partial charge in [0.05, 0.1) is 7.11 Å². The lowest BCUT2D eigenvalue weighted by Gasteiger charge is -2.20. The van der Waals surface area contributed by atoms with Gasteiger partial charge in [0.2, 0.25) is 5.88 Å². The second-order valence-electron chi connectivity index (χ2n) is 5.51. The summed E-state index contributed by atoms with van der Waals surface area (Å²) in [4.78, 5) is 18.6. The molecule has 1 aromatic rings. The number of nitrogens with one attached hydrogen (secondary N) is 1. The van der Waals surface area contributed by atoms with E-state index in [1.165, 1.54) is 7.11 Å². The fourth-order valence-corrected chi connectivity index (χ4v) is 2.56. The largest absolute Gasteiger partial charge is 0.480 e. The number of nitrogens with zero attached hydrogens (tertiary/aromatic N) is 2. The maximum absolute atomic E-state index is 12.2. The van der Waals surface area contributed by atoms with Crippen molar-refractivity contribution in [1.29, 1.82) is 0 Å². The van der Waals surface area contributed by atoms with Crippen LogP contribution in [0.15, 0.2) is 18.3 Å². The van der Waals surface area contributed by atoms with E-state index in [4.69, 9.17) is 4.74 Å². The van der Waals surface area contributed by atoms with Crippen LogP contribution in [0, 0.1) is 5.92 Å². The van der Waals surface area contributed by atoms with E-state index >= 15 is 0 Å². The summed E-state index contributed by atoms with van der Waals surface area (Å²) in [6.07, 6.45) is 2.76. The van der Waals surface area contributed by atoms with Crippen LogP contribution in [0.3, 0.4) is 0 Å². The summed E-state index contributed by atoms with van der Waals surface area (Å²) < 4.78 is 5.11. The summed E-state index contributed by atoms with van der Waals surface area (Å²) in [5.41, 5.74) is 0.494. The zero-order valence-corrected chi connectivity index (χ0v) is 12.4. The summed E-state index contributed by atoms with van der Waals surface area (Å²) in [5, 5.41) is 2.99. The van der Waals surface area contributed by atoms with Crippen molar-refractivity contribution in [2.45, 2.75) is 26.3 Å². The van der Waals surface area contributed by atoms with Crippen molar-refractivity contribution in [3.8, 4) is 5.88 Å². The second-order valence-corrected chi connectivity index (χ2v) is 5.51. The van der Waals surface area contributed by atoms with Crippen molar-refractivity contribution in [1.82, 2.24) is 15.2 Å². The fourth-order valence-electron chi connectivity index (χ4n) is 2.56. The number of aromatic nitrogens is 1. The minimum Gasteiger partial charge on any atom is -0.480 e. The lowest BCUT2D eigenvalue weighted by molar-refractivity contribution is 0.0943. The summed E-state index contributed by atoms with van der Waals surface area (Å²) >= 11 is 0. The van der Waals surface area contributed by atoms with Crippen LogP contribution in [-0.2, 0) is 0 Å². The van der Waals surface area contributed by atoms with Crippen LogP contribution < -0.4 is 10.1 Å². The molecule has 2 heterocycles. The fraction of sp³-hybridized carbons (Fsp3) is 0.600. The molecule has 110 valence electrons. The Morgan fingerprint density at radius 2 is 2.40 bits per heavy atom. The van der Waals surface area contributed by atoms with Crippen LogP contribution in [0.4, 0.5) is 0 Å². The smallest absolute Gasteiger partial charge is 0.256 e. The normalized spacial score (nSPS) is 19.3. The quantitative estimate of drug-likeness (QED) is 0.887. The number of hydrogen-bond acceptors (Lipinski definition) is 4. The zero-order chi connectivity index (χ0) is 14.5. The predicted octanol–water partition coefficient (Wildman–Crippen LogP) is 1.55. The van der Waals surface area contributed by atoms with Crippen molar-refractivity contribution in [3.63, 3.8) is 0 Å². The van der Waals surface area contributed by atoms with Gasteiger partial charge in [-0.25, -0.2) is 4.98 Å². The molecule has 1 N–H and O–H groups in total. The predicted molar refractivity (Wildman–Crippen MR) is 77.9 cm³/mol. The summed E-state index contributed by atoms with van der Waals surface area (Å²) in [7, 11) is 1.52. The Bertz CT molecular complexity index is 462. The lowest BCUT2D eigenvalue weighted by atomic mass is 10.1. The Hall–Kier alpha value is -1.62. The van der Waals surface area contributed by atoms with E-state index in [1.807, 2.05) is 0 Å². The standard InChI is InChI=1S/C15H23N3O2/c1-11(2)18-8-6-12(10-18)9-17-14(19)13-5-4-7-16-15(13)20-3/h4-5,7,11-12H,6,8-10H2,1-3H3,(H,17,19). The average Bonchev–Trinajstić information content (AvgIpc) is 2.94. The third kappa shape index (κ3) is 3.48. The van der Waals surface area contributed by atoms with Gasteiger partial charge in [0, 0.05) is 25.3 Å². The molecule has 5 heteroatoms. The molecule has 1 aliphatic rings. The third-order valence-electron chi connectivity index (χ3n) is 3.81. The van der Waals surface area contributed by atoms with Crippen molar-refractivity contribution in [3.05, 3.63) is 23.9 Å². The summed E-state index contributed by atoms with van der Waals surface area (Å²) in [6, 6.07) is 4.05. The Kier molecular flexibility index (Phi) is 4.95. The van der Waals surface area contributed by atoms with Gasteiger partial charge >= 0.3 is 0 Å². The highest BCUT2D eigenvalue weighted by Crippen LogP contribution is 2.18. The number of carbonyl (C=O) groups is 1. The van der Waals surface area contributed by atoms with E-state index in [-0.39, 0.29) is 5.91 Å². The first kappa shape index (κ1) is 14.8. The Morgan fingerprint density at radius 3 is 3.05 bits per heavy atom. The molecule has 1 saturated heterocycles. The highest BCUT2D eigenvalue weighted by atomic mass is 16.5. The van der Waals surface area contributed by atoms with Crippen LogP contribution in [0.25, 0.3) is 0 Å². The maximum Gasteiger partial charge on any atom is 0.256 e. The molecular formula is C15H23N3O2. The van der Waals surface area contributed by atoms with E-state index in [1.54, 1.807) is 18.3 Å². The molecule has 1 amide bonds. The molecule has 2 rings (SSSR count). The van der Waals surface area contributed by atoms with Gasteiger partial charge in [0.25, 0.3) is 5.91 Å². The number of carbonyl (C=O) groups excluding carboxylic acids is 1. The molecule has 1 aliphatic heterocycles. The molecule has 20 heavy (non-hydrogen) atoms. The molecule has 0 aliphatic carbocycles. The van der Waals surface area contributed by atoms with Gasteiger partial charge in [-0.15, -0.1) is 0 Å². The van der Waals surface area contributed by atoms with E-state index in [2.05, 4.69) is 29.0 Å². The second kappa shape index (κ2) is 6.70. The van der Waals surface area contributed by atoms with E-state index in [0.717, 1.165) is 19.5 Å². The van der Waals surface area contributed by atoms with Crippen molar-refractivity contribution in [2.24, 2.45) is 5.92 Å². The minimum absolute atomic E-state index is 0.113. The van der Waals surface area contributed by atoms with Gasteiger partial charge < -0.3 is 15.0 Å². The van der Waals surface area contributed by atoms with E-state index in [9.17, 15) is 4.79 Å². The van der Waals surface area contributed by atoms with Gasteiger partial charge in [-0.05, 0) is 44.9 Å². The van der Waals surface area contributed by atoms with Gasteiger partial charge in [-0.1, -0.05) is 0 Å². The van der Waals surface area contributed by atoms with Gasteiger partial charge in [0.15, 0.2) is 0 Å². The SMILES string of the molecule is COc1ncccc1C(=O)NCC1CCN(C(C)C)C1. The lowest BCUT2D eigenvalue weighted by Crippen LogP contribution is -2.33. The molecule has 0 spiro atoms. The molecule has 1 fully saturated rings. The monoisotopic (exact) mass is 277 g/mol.